The molecule has 0 saturated carbocycles. The molecule has 0 aliphatic rings. The fourth-order valence-corrected chi connectivity index (χ4v) is 1.87. The summed E-state index contributed by atoms with van der Waals surface area (Å²) in [5, 5.41) is 8.93. The Labute approximate surface area is 112 Å². The molecule has 2 aromatic rings. The molecule has 0 fully saturated rings. The van der Waals surface area contributed by atoms with Crippen LogP contribution in [0.15, 0.2) is 22.3 Å². The van der Waals surface area contributed by atoms with E-state index in [0.717, 1.165) is 24.0 Å². The first-order valence-electron chi connectivity index (χ1n) is 5.55. The van der Waals surface area contributed by atoms with Crippen molar-refractivity contribution in [3.63, 3.8) is 0 Å². The molecule has 19 heavy (non-hydrogen) atoms. The van der Waals surface area contributed by atoms with Crippen LogP contribution >= 0.6 is 11.8 Å². The van der Waals surface area contributed by atoms with Gasteiger partial charge in [-0.2, -0.15) is 0 Å². The maximum Gasteiger partial charge on any atom is 0.341 e. The van der Waals surface area contributed by atoms with Gasteiger partial charge in [-0.05, 0) is 0 Å². The van der Waals surface area contributed by atoms with Crippen molar-refractivity contribution in [3.05, 3.63) is 28.7 Å². The summed E-state index contributed by atoms with van der Waals surface area (Å²) in [6.07, 6.45) is 3.87. The Bertz CT molecular complexity index is 605. The molecular weight excluding hydrogens is 268 g/mol. The first kappa shape index (κ1) is 13.3. The van der Waals surface area contributed by atoms with Crippen LogP contribution in [0, 0.1) is 0 Å². The summed E-state index contributed by atoms with van der Waals surface area (Å²) in [4.78, 5) is 33.0. The third kappa shape index (κ3) is 3.91. The molecule has 3 N–H and O–H groups in total. The molecule has 9 heteroatoms. The first-order valence-corrected chi connectivity index (χ1v) is 6.54. The highest BCUT2D eigenvalue weighted by molar-refractivity contribution is 7.99. The summed E-state index contributed by atoms with van der Waals surface area (Å²) in [6, 6.07) is 0. The molecule has 2 rings (SSSR count). The van der Waals surface area contributed by atoms with E-state index < -0.39 is 5.69 Å². The number of H-pyrrole nitrogens is 2. The summed E-state index contributed by atoms with van der Waals surface area (Å²) >= 11 is 1.13. The van der Waals surface area contributed by atoms with E-state index in [9.17, 15) is 9.59 Å². The van der Waals surface area contributed by atoms with Crippen molar-refractivity contribution < 1.29 is 4.79 Å². The number of rotatable bonds is 5. The van der Waals surface area contributed by atoms with Crippen molar-refractivity contribution in [1.82, 2.24) is 25.1 Å². The molecule has 0 unspecified atom stereocenters. The van der Waals surface area contributed by atoms with Crippen LogP contribution in [0.25, 0.3) is 0 Å². The lowest BCUT2D eigenvalue weighted by Crippen LogP contribution is -2.14. The van der Waals surface area contributed by atoms with Gasteiger partial charge in [-0.3, -0.25) is 9.78 Å². The SMILES string of the molecule is CCc1ncc(NC(=O)CSc2n[nH]c(=O)[nH]2)cn1. The van der Waals surface area contributed by atoms with Crippen molar-refractivity contribution in [1.29, 1.82) is 0 Å². The lowest BCUT2D eigenvalue weighted by molar-refractivity contribution is -0.113. The van der Waals surface area contributed by atoms with Crippen LogP contribution in [0.5, 0.6) is 0 Å². The zero-order valence-electron chi connectivity index (χ0n) is 10.1. The minimum atomic E-state index is -0.397. The van der Waals surface area contributed by atoms with Crippen LogP contribution in [0.4, 0.5) is 5.69 Å². The number of hydrogen-bond donors (Lipinski definition) is 3. The van der Waals surface area contributed by atoms with Gasteiger partial charge >= 0.3 is 5.69 Å². The van der Waals surface area contributed by atoms with Gasteiger partial charge in [0.15, 0.2) is 5.16 Å². The van der Waals surface area contributed by atoms with Gasteiger partial charge < -0.3 is 5.32 Å². The quantitative estimate of drug-likeness (QED) is 0.673. The smallest absolute Gasteiger partial charge is 0.323 e. The molecule has 0 aromatic carbocycles. The molecule has 2 heterocycles. The maximum atomic E-state index is 11.6. The van der Waals surface area contributed by atoms with Gasteiger partial charge in [0.2, 0.25) is 5.91 Å². The van der Waals surface area contributed by atoms with E-state index in [2.05, 4.69) is 30.5 Å². The van der Waals surface area contributed by atoms with E-state index in [-0.39, 0.29) is 11.7 Å². The molecule has 8 nitrogen and oxygen atoms in total. The summed E-state index contributed by atoms with van der Waals surface area (Å²) in [5.74, 6) is 0.638. The Morgan fingerprint density at radius 1 is 1.42 bits per heavy atom. The number of aromatic amines is 2. The largest absolute Gasteiger partial charge is 0.341 e. The average molecular weight is 280 g/mol. The molecule has 2 aromatic heterocycles. The zero-order valence-corrected chi connectivity index (χ0v) is 11.0. The monoisotopic (exact) mass is 280 g/mol. The molecule has 0 bridgehead atoms. The second kappa shape index (κ2) is 6.14. The van der Waals surface area contributed by atoms with Crippen molar-refractivity contribution in [2.45, 2.75) is 18.5 Å². The average Bonchev–Trinajstić information content (AvgIpc) is 2.83. The molecule has 0 spiro atoms. The van der Waals surface area contributed by atoms with E-state index in [1.165, 1.54) is 0 Å². The number of carbonyl (C=O) groups is 1. The summed E-state index contributed by atoms with van der Waals surface area (Å²) in [7, 11) is 0. The summed E-state index contributed by atoms with van der Waals surface area (Å²) in [5.41, 5.74) is 0.143. The number of amides is 1. The minimum Gasteiger partial charge on any atom is -0.323 e. The third-order valence-corrected chi connectivity index (χ3v) is 3.00. The minimum absolute atomic E-state index is 0.135. The lowest BCUT2D eigenvalue weighted by Gasteiger charge is -2.03. The van der Waals surface area contributed by atoms with Gasteiger partial charge in [-0.15, -0.1) is 5.10 Å². The van der Waals surface area contributed by atoms with Crippen molar-refractivity contribution in [3.8, 4) is 0 Å². The molecular formula is C10H12N6O2S. The van der Waals surface area contributed by atoms with Crippen molar-refractivity contribution in [2.24, 2.45) is 0 Å². The topological polar surface area (TPSA) is 116 Å². The van der Waals surface area contributed by atoms with Gasteiger partial charge in [0.25, 0.3) is 0 Å². The van der Waals surface area contributed by atoms with Gasteiger partial charge in [0, 0.05) is 6.42 Å². The Kier molecular flexibility index (Phi) is 4.29. The van der Waals surface area contributed by atoms with Crippen LogP contribution in [-0.2, 0) is 11.2 Å². The second-order valence-electron chi connectivity index (χ2n) is 3.56. The van der Waals surface area contributed by atoms with Crippen LogP contribution in [0.1, 0.15) is 12.7 Å². The highest BCUT2D eigenvalue weighted by atomic mass is 32.2. The Morgan fingerprint density at radius 2 is 2.16 bits per heavy atom. The molecule has 0 radical (unpaired) electrons. The van der Waals surface area contributed by atoms with E-state index in [1.807, 2.05) is 6.92 Å². The fraction of sp³-hybridized carbons (Fsp3) is 0.300. The van der Waals surface area contributed by atoms with Crippen molar-refractivity contribution >= 4 is 23.4 Å². The van der Waals surface area contributed by atoms with Crippen LogP contribution in [0.2, 0.25) is 0 Å². The van der Waals surface area contributed by atoms with Crippen LogP contribution < -0.4 is 11.0 Å². The van der Waals surface area contributed by atoms with Gasteiger partial charge in [-0.1, -0.05) is 18.7 Å². The Morgan fingerprint density at radius 3 is 2.74 bits per heavy atom. The summed E-state index contributed by atoms with van der Waals surface area (Å²) < 4.78 is 0. The number of anilines is 1. The Hall–Kier alpha value is -2.16. The molecule has 0 aliphatic carbocycles. The number of nitrogens with zero attached hydrogens (tertiary/aromatic N) is 3. The molecule has 100 valence electrons. The number of thioether (sulfide) groups is 1. The zero-order chi connectivity index (χ0) is 13.7. The van der Waals surface area contributed by atoms with Gasteiger partial charge in [-0.25, -0.2) is 19.9 Å². The number of aryl methyl sites for hydroxylation is 1. The summed E-state index contributed by atoms with van der Waals surface area (Å²) in [6.45, 7) is 1.95. The van der Waals surface area contributed by atoms with Crippen LogP contribution in [0.3, 0.4) is 0 Å². The van der Waals surface area contributed by atoms with Gasteiger partial charge in [0.05, 0.1) is 23.8 Å². The predicted molar refractivity (Wildman–Crippen MR) is 70.0 cm³/mol. The van der Waals surface area contributed by atoms with Crippen LogP contribution in [-0.4, -0.2) is 36.8 Å². The third-order valence-electron chi connectivity index (χ3n) is 2.12. The molecule has 0 atom stereocenters. The number of carbonyl (C=O) groups excluding carboxylic acids is 1. The molecule has 0 aliphatic heterocycles. The number of aromatic nitrogens is 5. The lowest BCUT2D eigenvalue weighted by atomic mass is 10.4. The van der Waals surface area contributed by atoms with E-state index in [0.29, 0.717) is 10.8 Å². The fourth-order valence-electron chi connectivity index (χ4n) is 1.26. The first-order chi connectivity index (χ1) is 9.17. The molecule has 0 saturated heterocycles. The predicted octanol–water partition coefficient (Wildman–Crippen LogP) is 0.181. The molecule has 1 amide bonds. The maximum absolute atomic E-state index is 11.6. The van der Waals surface area contributed by atoms with E-state index in [1.54, 1.807) is 12.4 Å². The number of nitrogens with one attached hydrogen (secondary N) is 3. The van der Waals surface area contributed by atoms with Gasteiger partial charge in [0.1, 0.15) is 5.82 Å². The second-order valence-corrected chi connectivity index (χ2v) is 4.53. The highest BCUT2D eigenvalue weighted by Crippen LogP contribution is 2.10. The number of hydrogen-bond acceptors (Lipinski definition) is 6. The normalized spacial score (nSPS) is 10.4. The Balaban J connectivity index is 1.85. The van der Waals surface area contributed by atoms with Crippen molar-refractivity contribution in [2.75, 3.05) is 11.1 Å². The highest BCUT2D eigenvalue weighted by Gasteiger charge is 2.06. The standard InChI is InChI=1S/C10H12N6O2S/c1-2-7-11-3-6(4-12-7)13-8(17)5-19-10-14-9(18)15-16-10/h3-4H,2,5H2,1H3,(H,13,17)(H2,14,15,16,18). The van der Waals surface area contributed by atoms with E-state index >= 15 is 0 Å². The van der Waals surface area contributed by atoms with E-state index in [4.69, 9.17) is 0 Å².